The molecule has 104 valence electrons. The molecule has 1 atom stereocenters. The molecule has 1 rings (SSSR count). The van der Waals surface area contributed by atoms with E-state index in [9.17, 15) is 14.9 Å². The van der Waals surface area contributed by atoms with Gasteiger partial charge in [0.2, 0.25) is 6.54 Å². The highest BCUT2D eigenvalue weighted by Gasteiger charge is 2.17. The summed E-state index contributed by atoms with van der Waals surface area (Å²) in [5.74, 6) is -0.388. The molecule has 0 radical (unpaired) electrons. The average molecular weight is 265 g/mol. The molecule has 0 heterocycles. The van der Waals surface area contributed by atoms with Gasteiger partial charge in [-0.3, -0.25) is 14.9 Å². The lowest BCUT2D eigenvalue weighted by Gasteiger charge is -2.12. The van der Waals surface area contributed by atoms with Crippen LogP contribution in [0.15, 0.2) is 30.3 Å². The van der Waals surface area contributed by atoms with Crippen LogP contribution in [0.4, 0.5) is 0 Å². The molecule has 5 heteroatoms. The number of nitrogens with zero attached hydrogens (tertiary/aromatic N) is 1. The van der Waals surface area contributed by atoms with Crippen molar-refractivity contribution in [3.8, 4) is 0 Å². The van der Waals surface area contributed by atoms with E-state index in [0.717, 1.165) is 5.56 Å². The zero-order valence-electron chi connectivity index (χ0n) is 11.1. The van der Waals surface area contributed by atoms with Crippen molar-refractivity contribution in [1.82, 2.24) is 0 Å². The topological polar surface area (TPSA) is 69.4 Å². The lowest BCUT2D eigenvalue weighted by atomic mass is 9.93. The summed E-state index contributed by atoms with van der Waals surface area (Å²) in [6, 6.07) is 9.39. The van der Waals surface area contributed by atoms with Gasteiger partial charge in [-0.25, -0.2) is 0 Å². The molecule has 1 unspecified atom stereocenters. The van der Waals surface area contributed by atoms with Gasteiger partial charge in [0, 0.05) is 17.3 Å². The third-order valence-electron chi connectivity index (χ3n) is 2.88. The molecule has 0 bridgehead atoms. The molecule has 0 fully saturated rings. The second-order valence-electron chi connectivity index (χ2n) is 4.32. The molecule has 19 heavy (non-hydrogen) atoms. The van der Waals surface area contributed by atoms with Crippen molar-refractivity contribution in [1.29, 1.82) is 0 Å². The van der Waals surface area contributed by atoms with E-state index in [4.69, 9.17) is 4.74 Å². The van der Waals surface area contributed by atoms with Crippen molar-refractivity contribution in [3.63, 3.8) is 0 Å². The lowest BCUT2D eigenvalue weighted by molar-refractivity contribution is -0.483. The summed E-state index contributed by atoms with van der Waals surface area (Å²) >= 11 is 0. The number of nitro groups is 1. The zero-order valence-corrected chi connectivity index (χ0v) is 11.1. The van der Waals surface area contributed by atoms with E-state index in [1.54, 1.807) is 6.92 Å². The van der Waals surface area contributed by atoms with E-state index in [1.165, 1.54) is 0 Å². The highest BCUT2D eigenvalue weighted by Crippen LogP contribution is 2.22. The number of esters is 1. The van der Waals surface area contributed by atoms with Gasteiger partial charge in [0.15, 0.2) is 0 Å². The van der Waals surface area contributed by atoms with E-state index in [0.29, 0.717) is 25.9 Å². The fourth-order valence-electron chi connectivity index (χ4n) is 1.99. The fourth-order valence-corrected chi connectivity index (χ4v) is 1.99. The number of hydrogen-bond acceptors (Lipinski definition) is 4. The van der Waals surface area contributed by atoms with E-state index < -0.39 is 0 Å². The summed E-state index contributed by atoms with van der Waals surface area (Å²) in [7, 11) is 0. The fraction of sp³-hybridized carbons (Fsp3) is 0.500. The second kappa shape index (κ2) is 8.24. The SMILES string of the molecule is CCOC(=O)CCCC(C[N+](=O)[O-])c1ccccc1. The molecule has 0 amide bonds. The molecule has 1 aromatic carbocycles. The Labute approximate surface area is 112 Å². The van der Waals surface area contributed by atoms with Crippen molar-refractivity contribution >= 4 is 5.97 Å². The van der Waals surface area contributed by atoms with Crippen LogP contribution in [-0.2, 0) is 9.53 Å². The molecule has 0 aliphatic rings. The van der Waals surface area contributed by atoms with Gasteiger partial charge < -0.3 is 4.74 Å². The zero-order chi connectivity index (χ0) is 14.1. The molecule has 0 aliphatic heterocycles. The predicted molar refractivity (Wildman–Crippen MR) is 71.5 cm³/mol. The van der Waals surface area contributed by atoms with Gasteiger partial charge in [-0.1, -0.05) is 30.3 Å². The van der Waals surface area contributed by atoms with Gasteiger partial charge in [-0.2, -0.15) is 0 Å². The minimum atomic E-state index is -0.304. The van der Waals surface area contributed by atoms with Crippen LogP contribution in [0.1, 0.15) is 37.7 Å². The maximum atomic E-state index is 11.2. The van der Waals surface area contributed by atoms with E-state index in [-0.39, 0.29) is 23.4 Å². The standard InChI is InChI=1S/C14H19NO4/c1-2-19-14(16)10-6-9-13(11-15(17)18)12-7-4-3-5-8-12/h3-5,7-8,13H,2,6,9-11H2,1H3. The van der Waals surface area contributed by atoms with Gasteiger partial charge >= 0.3 is 5.97 Å². The predicted octanol–water partition coefficient (Wildman–Crippen LogP) is 2.78. The first-order valence-corrected chi connectivity index (χ1v) is 6.45. The van der Waals surface area contributed by atoms with Crippen LogP contribution in [0.2, 0.25) is 0 Å². The van der Waals surface area contributed by atoms with Gasteiger partial charge in [-0.05, 0) is 25.3 Å². The normalized spacial score (nSPS) is 11.8. The Hall–Kier alpha value is -1.91. The summed E-state index contributed by atoms with van der Waals surface area (Å²) in [5.41, 5.74) is 0.947. The first kappa shape index (κ1) is 15.1. The molecule has 5 nitrogen and oxygen atoms in total. The van der Waals surface area contributed by atoms with Crippen LogP contribution in [-0.4, -0.2) is 24.0 Å². The molecule has 1 aromatic rings. The van der Waals surface area contributed by atoms with Crippen LogP contribution < -0.4 is 0 Å². The van der Waals surface area contributed by atoms with Crippen LogP contribution in [0, 0.1) is 10.1 Å². The quantitative estimate of drug-likeness (QED) is 0.411. The molecule has 0 N–H and O–H groups in total. The molecular weight excluding hydrogens is 246 g/mol. The number of carbonyl (C=O) groups is 1. The minimum Gasteiger partial charge on any atom is -0.466 e. The Bertz CT molecular complexity index is 405. The van der Waals surface area contributed by atoms with E-state index in [1.807, 2.05) is 30.3 Å². The Morgan fingerprint density at radius 1 is 1.37 bits per heavy atom. The highest BCUT2D eigenvalue weighted by atomic mass is 16.6. The van der Waals surface area contributed by atoms with Crippen LogP contribution in [0.25, 0.3) is 0 Å². The minimum absolute atomic E-state index is 0.104. The van der Waals surface area contributed by atoms with E-state index in [2.05, 4.69) is 0 Å². The molecule has 0 saturated heterocycles. The molecule has 0 aromatic heterocycles. The third-order valence-corrected chi connectivity index (χ3v) is 2.88. The maximum absolute atomic E-state index is 11.2. The van der Waals surface area contributed by atoms with Gasteiger partial charge in [-0.15, -0.1) is 0 Å². The van der Waals surface area contributed by atoms with Crippen LogP contribution >= 0.6 is 0 Å². The summed E-state index contributed by atoms with van der Waals surface area (Å²) in [6.07, 6.45) is 1.53. The molecule has 0 spiro atoms. The van der Waals surface area contributed by atoms with Crippen LogP contribution in [0.5, 0.6) is 0 Å². The smallest absolute Gasteiger partial charge is 0.305 e. The summed E-state index contributed by atoms with van der Waals surface area (Å²) in [6.45, 7) is 2.03. The Balaban J connectivity index is 2.51. The maximum Gasteiger partial charge on any atom is 0.305 e. The van der Waals surface area contributed by atoms with Crippen molar-refractivity contribution in [3.05, 3.63) is 46.0 Å². The monoisotopic (exact) mass is 265 g/mol. The van der Waals surface area contributed by atoms with Gasteiger partial charge in [0.05, 0.1) is 6.61 Å². The molecule has 0 saturated carbocycles. The molecule has 0 aliphatic carbocycles. The highest BCUT2D eigenvalue weighted by molar-refractivity contribution is 5.69. The summed E-state index contributed by atoms with van der Waals surface area (Å²) in [4.78, 5) is 21.6. The Morgan fingerprint density at radius 2 is 2.05 bits per heavy atom. The largest absolute Gasteiger partial charge is 0.466 e. The first-order valence-electron chi connectivity index (χ1n) is 6.45. The number of ether oxygens (including phenoxy) is 1. The van der Waals surface area contributed by atoms with Crippen molar-refractivity contribution in [2.45, 2.75) is 32.1 Å². The lowest BCUT2D eigenvalue weighted by Crippen LogP contribution is -2.13. The first-order chi connectivity index (χ1) is 9.13. The second-order valence-corrected chi connectivity index (χ2v) is 4.32. The number of rotatable bonds is 8. The average Bonchev–Trinajstić information content (AvgIpc) is 2.38. The van der Waals surface area contributed by atoms with Crippen LogP contribution in [0.3, 0.4) is 0 Å². The van der Waals surface area contributed by atoms with Gasteiger partial charge in [0.1, 0.15) is 0 Å². The Kier molecular flexibility index (Phi) is 6.57. The van der Waals surface area contributed by atoms with Gasteiger partial charge in [0.25, 0.3) is 0 Å². The van der Waals surface area contributed by atoms with E-state index >= 15 is 0 Å². The Morgan fingerprint density at radius 3 is 2.63 bits per heavy atom. The molecular formula is C14H19NO4. The van der Waals surface area contributed by atoms with Crippen molar-refractivity contribution in [2.75, 3.05) is 13.2 Å². The third kappa shape index (κ3) is 5.99. The number of hydrogen-bond donors (Lipinski definition) is 0. The number of benzene rings is 1. The van der Waals surface area contributed by atoms with Crippen molar-refractivity contribution in [2.24, 2.45) is 0 Å². The van der Waals surface area contributed by atoms with Crippen molar-refractivity contribution < 1.29 is 14.5 Å². The number of carbonyl (C=O) groups excluding carboxylic acids is 1. The summed E-state index contributed by atoms with van der Waals surface area (Å²) in [5, 5.41) is 10.7. The summed E-state index contributed by atoms with van der Waals surface area (Å²) < 4.78 is 4.84.